The Hall–Kier alpha value is -2.46. The smallest absolute Gasteiger partial charge is 0.187 e. The summed E-state index contributed by atoms with van der Waals surface area (Å²) in [6.07, 6.45) is 4.53. The van der Waals surface area contributed by atoms with Crippen LogP contribution in [0.25, 0.3) is 32.3 Å². The molecule has 0 unspecified atom stereocenters. The molecule has 0 aliphatic rings. The van der Waals surface area contributed by atoms with Crippen molar-refractivity contribution in [2.75, 3.05) is 0 Å². The molecule has 25 heavy (non-hydrogen) atoms. The van der Waals surface area contributed by atoms with Gasteiger partial charge < -0.3 is 4.98 Å². The van der Waals surface area contributed by atoms with Gasteiger partial charge in [0.25, 0.3) is 0 Å². The quantitative estimate of drug-likeness (QED) is 0.374. The molecule has 8 heteroatoms. The second-order valence-corrected chi connectivity index (χ2v) is 6.19. The largest absolute Gasteiger partial charge is 0.340 e. The molecule has 0 aliphatic carbocycles. The minimum absolute atomic E-state index is 0. The van der Waals surface area contributed by atoms with Crippen molar-refractivity contribution in [2.24, 2.45) is 0 Å². The van der Waals surface area contributed by atoms with Crippen LogP contribution in [-0.4, -0.2) is 24.7 Å². The number of benzene rings is 1. The monoisotopic (exact) mass is 524 g/mol. The van der Waals surface area contributed by atoms with E-state index >= 15 is 0 Å². The first-order valence-electron chi connectivity index (χ1n) is 7.19. The molecule has 6 nitrogen and oxygen atoms in total. The Morgan fingerprint density at radius 1 is 1.16 bits per heavy atom. The van der Waals surface area contributed by atoms with E-state index in [0.29, 0.717) is 11.5 Å². The predicted octanol–water partition coefficient (Wildman–Crippen LogP) is 3.90. The summed E-state index contributed by atoms with van der Waals surface area (Å²) in [5.41, 5.74) is 6.79. The molecule has 0 amide bonds. The van der Waals surface area contributed by atoms with Crippen LogP contribution >= 0.6 is 11.3 Å². The Labute approximate surface area is 161 Å². The predicted molar refractivity (Wildman–Crippen MR) is 92.3 cm³/mol. The average molecular weight is 524 g/mol. The molecule has 1 radical (unpaired) electrons. The molecule has 4 aromatic rings. The maximum Gasteiger partial charge on any atom is 0.187 e. The molecule has 3 heterocycles. The first kappa shape index (κ1) is 17.4. The van der Waals surface area contributed by atoms with Crippen molar-refractivity contribution in [3.05, 3.63) is 58.8 Å². The third-order valence-corrected chi connectivity index (χ3v) is 4.47. The van der Waals surface area contributed by atoms with Gasteiger partial charge in [-0.25, -0.2) is 4.85 Å². The van der Waals surface area contributed by atoms with Crippen LogP contribution in [0, 0.1) is 26.6 Å². The summed E-state index contributed by atoms with van der Waals surface area (Å²) >= 11 is 1.48. The fraction of sp³-hybridized carbons (Fsp3) is 0.118. The maximum absolute atomic E-state index is 7.19. The van der Waals surface area contributed by atoms with Gasteiger partial charge in [0.1, 0.15) is 6.33 Å². The van der Waals surface area contributed by atoms with Crippen molar-refractivity contribution in [1.82, 2.24) is 24.7 Å². The number of hydrogen-bond acceptors (Lipinski definition) is 5. The zero-order chi connectivity index (χ0) is 16.7. The molecule has 0 N–H and O–H groups in total. The molecule has 1 aromatic carbocycles. The Bertz CT molecular complexity index is 1080. The number of pyridine rings is 1. The van der Waals surface area contributed by atoms with Crippen molar-refractivity contribution < 1.29 is 20.1 Å². The molecule has 0 bridgehead atoms. The van der Waals surface area contributed by atoms with Gasteiger partial charge in [-0.1, -0.05) is 17.7 Å². The number of nitrogens with zero attached hydrogens (tertiary/aromatic N) is 6. The van der Waals surface area contributed by atoms with Crippen LogP contribution < -0.4 is 0 Å². The Kier molecular flexibility index (Phi) is 4.73. The molecule has 3 aromatic heterocycles. The normalized spacial score (nSPS) is 10.4. The van der Waals surface area contributed by atoms with E-state index in [-0.39, 0.29) is 20.1 Å². The summed E-state index contributed by atoms with van der Waals surface area (Å²) < 4.78 is 1.77. The van der Waals surface area contributed by atoms with E-state index in [9.17, 15) is 0 Å². The third-order valence-electron chi connectivity index (χ3n) is 3.74. The average Bonchev–Trinajstić information content (AvgIpc) is 3.22. The van der Waals surface area contributed by atoms with E-state index < -0.39 is 0 Å². The fourth-order valence-corrected chi connectivity index (χ4v) is 3.34. The van der Waals surface area contributed by atoms with Gasteiger partial charge in [0.2, 0.25) is 0 Å². The molecule has 0 saturated heterocycles. The summed E-state index contributed by atoms with van der Waals surface area (Å²) in [7, 11) is 0. The summed E-state index contributed by atoms with van der Waals surface area (Å²) in [5, 5.41) is 4.37. The minimum atomic E-state index is 0. The van der Waals surface area contributed by atoms with Gasteiger partial charge in [-0.3, -0.25) is 14.6 Å². The summed E-state index contributed by atoms with van der Waals surface area (Å²) in [6.45, 7) is 11.1. The van der Waals surface area contributed by atoms with Crippen LogP contribution in [0.2, 0.25) is 0 Å². The van der Waals surface area contributed by atoms with Gasteiger partial charge in [0, 0.05) is 25.6 Å². The zero-order valence-corrected chi connectivity index (χ0v) is 16.5. The molecule has 0 spiro atoms. The maximum atomic E-state index is 7.19. The summed E-state index contributed by atoms with van der Waals surface area (Å²) in [6, 6.07) is 5.62. The number of fused-ring (bicyclic) bond motifs is 1. The van der Waals surface area contributed by atoms with Gasteiger partial charge in [0.05, 0.1) is 28.4 Å². The summed E-state index contributed by atoms with van der Waals surface area (Å²) in [4.78, 5) is 17.3. The molecule has 0 saturated carbocycles. The first-order valence-corrected chi connectivity index (χ1v) is 8.06. The molecule has 0 aliphatic heterocycles. The Morgan fingerprint density at radius 2 is 1.92 bits per heavy atom. The van der Waals surface area contributed by atoms with Gasteiger partial charge in [-0.05, 0) is 31.2 Å². The van der Waals surface area contributed by atoms with E-state index in [1.54, 1.807) is 10.2 Å². The van der Waals surface area contributed by atoms with Crippen LogP contribution in [0.3, 0.4) is 0 Å². The van der Waals surface area contributed by atoms with Crippen LogP contribution in [0.4, 0.5) is 5.69 Å². The molecule has 4 rings (SSSR count). The number of hydrogen-bond donors (Lipinski definition) is 0. The third kappa shape index (κ3) is 2.98. The molecule has 125 valence electrons. The van der Waals surface area contributed by atoms with E-state index in [0.717, 1.165) is 32.7 Å². The van der Waals surface area contributed by atoms with Crippen LogP contribution in [0.1, 0.15) is 11.1 Å². The van der Waals surface area contributed by atoms with E-state index in [1.165, 1.54) is 17.7 Å². The molecule has 0 atom stereocenters. The Balaban J connectivity index is 0.00000182. The molecular weight excluding hydrogens is 513 g/mol. The number of aromatic nitrogens is 5. The van der Waals surface area contributed by atoms with E-state index in [4.69, 9.17) is 6.57 Å². The van der Waals surface area contributed by atoms with Gasteiger partial charge in [-0.2, -0.15) is 16.4 Å². The van der Waals surface area contributed by atoms with Crippen LogP contribution in [0.5, 0.6) is 0 Å². The van der Waals surface area contributed by atoms with Crippen molar-refractivity contribution in [3.63, 3.8) is 0 Å². The van der Waals surface area contributed by atoms with Crippen molar-refractivity contribution >= 4 is 27.4 Å². The summed E-state index contributed by atoms with van der Waals surface area (Å²) in [5.74, 6) is 0.652. The van der Waals surface area contributed by atoms with Crippen molar-refractivity contribution in [2.45, 2.75) is 13.8 Å². The van der Waals surface area contributed by atoms with Gasteiger partial charge in [0.15, 0.2) is 5.69 Å². The SMILES string of the molecule is [C-]#[N+]c1cc(C)c(-n2ncnc2-c2[c-]nc3scnc3c2)c(C)c1.[Ir]. The standard InChI is InChI=1S/C17H11N6S.Ir/c1-10-4-13(18-3)5-11(2)15(10)23-16(20-8-22-23)12-6-14-17(19-7-12)24-9-21-14;/h4-6,8-9H,1-2H3;/q-1;. The number of thiazole rings is 1. The zero-order valence-electron chi connectivity index (χ0n) is 13.3. The Morgan fingerprint density at radius 3 is 2.64 bits per heavy atom. The molecular formula is C17H11IrN6S-. The molecule has 0 fully saturated rings. The van der Waals surface area contributed by atoms with E-state index in [1.807, 2.05) is 32.0 Å². The van der Waals surface area contributed by atoms with Crippen LogP contribution in [0.15, 0.2) is 30.0 Å². The van der Waals surface area contributed by atoms with Crippen LogP contribution in [-0.2, 0) is 20.1 Å². The van der Waals surface area contributed by atoms with Gasteiger partial charge >= 0.3 is 0 Å². The second kappa shape index (κ2) is 6.81. The fourth-order valence-electron chi connectivity index (χ4n) is 2.75. The second-order valence-electron chi connectivity index (χ2n) is 5.36. The number of rotatable bonds is 2. The van der Waals surface area contributed by atoms with Crippen molar-refractivity contribution in [1.29, 1.82) is 0 Å². The van der Waals surface area contributed by atoms with Crippen molar-refractivity contribution in [3.8, 4) is 17.1 Å². The first-order chi connectivity index (χ1) is 11.7. The topological polar surface area (TPSA) is 60.9 Å². The van der Waals surface area contributed by atoms with Gasteiger partial charge in [-0.15, -0.1) is 6.07 Å². The van der Waals surface area contributed by atoms with E-state index in [2.05, 4.69) is 31.1 Å². The number of aryl methyl sites for hydroxylation is 2. The minimum Gasteiger partial charge on any atom is -0.340 e.